The van der Waals surface area contributed by atoms with Crippen molar-refractivity contribution in [2.75, 3.05) is 32.6 Å². The van der Waals surface area contributed by atoms with E-state index in [4.69, 9.17) is 4.74 Å². The molecule has 0 N–H and O–H groups in total. The number of hydrogen-bond donors (Lipinski definition) is 0. The number of anilines is 1. The number of ether oxygens (including phenoxy) is 1. The molecule has 1 heterocycles. The zero-order chi connectivity index (χ0) is 18.4. The number of esters is 1. The van der Waals surface area contributed by atoms with Gasteiger partial charge in [0.15, 0.2) is 0 Å². The predicted octanol–water partition coefficient (Wildman–Crippen LogP) is 0.906. The first-order valence-corrected chi connectivity index (χ1v) is 8.90. The Balaban J connectivity index is 1.96. The Morgan fingerprint density at radius 3 is 2.44 bits per heavy atom. The van der Waals surface area contributed by atoms with E-state index in [1.807, 2.05) is 0 Å². The number of nitrogens with zero attached hydrogens (tertiary/aromatic N) is 4. The molecule has 0 unspecified atom stereocenters. The molecule has 0 radical (unpaired) electrons. The molecular formula is C16H20N4O4S. The number of aromatic nitrogens is 2. The molecule has 0 aliphatic rings. The van der Waals surface area contributed by atoms with Gasteiger partial charge in [-0.25, -0.2) is 22.7 Å². The summed E-state index contributed by atoms with van der Waals surface area (Å²) in [6, 6.07) is 7.99. The van der Waals surface area contributed by atoms with E-state index in [-0.39, 0.29) is 18.0 Å². The molecule has 134 valence electrons. The van der Waals surface area contributed by atoms with Crippen molar-refractivity contribution in [2.24, 2.45) is 0 Å². The van der Waals surface area contributed by atoms with Crippen LogP contribution in [0, 0.1) is 0 Å². The summed E-state index contributed by atoms with van der Waals surface area (Å²) in [5.74, 6) is -0.0469. The highest BCUT2D eigenvalue weighted by molar-refractivity contribution is 7.89. The fourth-order valence-electron chi connectivity index (χ4n) is 1.97. The molecule has 0 atom stereocenters. The number of benzene rings is 1. The Labute approximate surface area is 147 Å². The zero-order valence-corrected chi connectivity index (χ0v) is 15.1. The van der Waals surface area contributed by atoms with Crippen LogP contribution >= 0.6 is 0 Å². The summed E-state index contributed by atoms with van der Waals surface area (Å²) in [6.07, 6.45) is 3.17. The number of carbonyl (C=O) groups is 1. The molecule has 0 aliphatic heterocycles. The number of rotatable bonds is 7. The van der Waals surface area contributed by atoms with E-state index in [1.54, 1.807) is 42.5 Å². The Kier molecular flexibility index (Phi) is 6.05. The molecule has 0 spiro atoms. The fourth-order valence-corrected chi connectivity index (χ4v) is 2.94. The summed E-state index contributed by atoms with van der Waals surface area (Å²) in [5, 5.41) is 0. The van der Waals surface area contributed by atoms with Crippen molar-refractivity contribution in [1.29, 1.82) is 0 Å². The molecule has 8 nitrogen and oxygen atoms in total. The van der Waals surface area contributed by atoms with Gasteiger partial charge in [0.2, 0.25) is 16.0 Å². The molecular weight excluding hydrogens is 344 g/mol. The Morgan fingerprint density at radius 1 is 1.12 bits per heavy atom. The van der Waals surface area contributed by atoms with Crippen molar-refractivity contribution < 1.29 is 17.9 Å². The monoisotopic (exact) mass is 364 g/mol. The standard InChI is InChI=1S/C16H20N4O4S/c1-19(2)25(22,23)14-7-4-6-13(10-14)12-24-15(21)11-20(3)16-17-8-5-9-18-16/h4-10H,11-12H2,1-3H3. The second-order valence-corrected chi connectivity index (χ2v) is 7.65. The topological polar surface area (TPSA) is 92.7 Å². The Hall–Kier alpha value is -2.52. The van der Waals surface area contributed by atoms with Crippen LogP contribution in [0.1, 0.15) is 5.56 Å². The predicted molar refractivity (Wildman–Crippen MR) is 92.4 cm³/mol. The molecule has 0 fully saturated rings. The average molecular weight is 364 g/mol. The lowest BCUT2D eigenvalue weighted by molar-refractivity contribution is -0.143. The number of carbonyl (C=O) groups excluding carboxylic acids is 1. The molecule has 0 saturated carbocycles. The van der Waals surface area contributed by atoms with Gasteiger partial charge in [0.1, 0.15) is 13.2 Å². The van der Waals surface area contributed by atoms with E-state index in [9.17, 15) is 13.2 Å². The van der Waals surface area contributed by atoms with Crippen molar-refractivity contribution in [2.45, 2.75) is 11.5 Å². The van der Waals surface area contributed by atoms with Gasteiger partial charge in [0, 0.05) is 33.5 Å². The molecule has 1 aromatic heterocycles. The SMILES string of the molecule is CN(CC(=O)OCc1cccc(S(=O)(=O)N(C)C)c1)c1ncccn1. The molecule has 2 rings (SSSR count). The van der Waals surface area contributed by atoms with Crippen molar-refractivity contribution in [3.63, 3.8) is 0 Å². The minimum absolute atomic E-state index is 0.0142. The van der Waals surface area contributed by atoms with Gasteiger partial charge in [0.05, 0.1) is 4.90 Å². The average Bonchev–Trinajstić information content (AvgIpc) is 2.60. The van der Waals surface area contributed by atoms with E-state index in [0.717, 1.165) is 4.31 Å². The van der Waals surface area contributed by atoms with Crippen LogP contribution in [-0.4, -0.2) is 56.3 Å². The van der Waals surface area contributed by atoms with E-state index in [2.05, 4.69) is 9.97 Å². The van der Waals surface area contributed by atoms with Gasteiger partial charge in [-0.3, -0.25) is 4.79 Å². The first kappa shape index (κ1) is 18.8. The zero-order valence-electron chi connectivity index (χ0n) is 14.3. The van der Waals surface area contributed by atoms with Crippen LogP contribution in [0.25, 0.3) is 0 Å². The van der Waals surface area contributed by atoms with Gasteiger partial charge >= 0.3 is 5.97 Å². The molecule has 0 aliphatic carbocycles. The summed E-state index contributed by atoms with van der Waals surface area (Å²) in [4.78, 5) is 21.7. The lowest BCUT2D eigenvalue weighted by atomic mass is 10.2. The highest BCUT2D eigenvalue weighted by Crippen LogP contribution is 2.15. The summed E-state index contributed by atoms with van der Waals surface area (Å²) in [6.45, 7) is -0.0290. The van der Waals surface area contributed by atoms with Crippen LogP contribution in [-0.2, 0) is 26.2 Å². The van der Waals surface area contributed by atoms with Gasteiger partial charge in [-0.2, -0.15) is 0 Å². The highest BCUT2D eigenvalue weighted by atomic mass is 32.2. The van der Waals surface area contributed by atoms with E-state index in [1.165, 1.54) is 26.2 Å². The summed E-state index contributed by atoms with van der Waals surface area (Å²) in [7, 11) is 1.08. The Morgan fingerprint density at radius 2 is 1.80 bits per heavy atom. The van der Waals surface area contributed by atoms with Crippen LogP contribution in [0.4, 0.5) is 5.95 Å². The smallest absolute Gasteiger partial charge is 0.325 e. The summed E-state index contributed by atoms with van der Waals surface area (Å²) >= 11 is 0. The first-order chi connectivity index (χ1) is 11.8. The second kappa shape index (κ2) is 8.04. The van der Waals surface area contributed by atoms with Crippen LogP contribution in [0.3, 0.4) is 0 Å². The van der Waals surface area contributed by atoms with Crippen molar-refractivity contribution in [3.8, 4) is 0 Å². The van der Waals surface area contributed by atoms with Crippen molar-refractivity contribution in [1.82, 2.24) is 14.3 Å². The highest BCUT2D eigenvalue weighted by Gasteiger charge is 2.17. The largest absolute Gasteiger partial charge is 0.459 e. The maximum atomic E-state index is 12.1. The molecule has 25 heavy (non-hydrogen) atoms. The quantitative estimate of drug-likeness (QED) is 0.674. The van der Waals surface area contributed by atoms with Crippen molar-refractivity contribution in [3.05, 3.63) is 48.3 Å². The van der Waals surface area contributed by atoms with Gasteiger partial charge in [-0.1, -0.05) is 12.1 Å². The van der Waals surface area contributed by atoms with Crippen molar-refractivity contribution >= 4 is 21.9 Å². The van der Waals surface area contributed by atoms with Crippen LogP contribution in [0.2, 0.25) is 0 Å². The maximum absolute atomic E-state index is 12.1. The number of likely N-dealkylation sites (N-methyl/N-ethyl adjacent to an activating group) is 1. The van der Waals surface area contributed by atoms with E-state index in [0.29, 0.717) is 11.5 Å². The number of hydrogen-bond acceptors (Lipinski definition) is 7. The molecule has 0 amide bonds. The third kappa shape index (κ3) is 4.97. The lowest BCUT2D eigenvalue weighted by Gasteiger charge is -2.16. The molecule has 9 heteroatoms. The third-order valence-electron chi connectivity index (χ3n) is 3.34. The molecule has 2 aromatic rings. The van der Waals surface area contributed by atoms with Gasteiger partial charge in [-0.15, -0.1) is 0 Å². The summed E-state index contributed by atoms with van der Waals surface area (Å²) < 4.78 is 30.6. The minimum atomic E-state index is -3.52. The second-order valence-electron chi connectivity index (χ2n) is 5.50. The summed E-state index contributed by atoms with van der Waals surface area (Å²) in [5.41, 5.74) is 0.592. The lowest BCUT2D eigenvalue weighted by Crippen LogP contribution is -2.28. The van der Waals surface area contributed by atoms with Crippen LogP contribution < -0.4 is 4.90 Å². The van der Waals surface area contributed by atoms with E-state index < -0.39 is 16.0 Å². The molecule has 0 bridgehead atoms. The van der Waals surface area contributed by atoms with Crippen LogP contribution in [0.5, 0.6) is 0 Å². The Bertz CT molecular complexity index is 825. The fraction of sp³-hybridized carbons (Fsp3) is 0.312. The maximum Gasteiger partial charge on any atom is 0.325 e. The van der Waals surface area contributed by atoms with Gasteiger partial charge in [-0.05, 0) is 23.8 Å². The number of sulfonamides is 1. The molecule has 1 aromatic carbocycles. The van der Waals surface area contributed by atoms with Gasteiger partial charge < -0.3 is 9.64 Å². The minimum Gasteiger partial charge on any atom is -0.459 e. The van der Waals surface area contributed by atoms with Crippen LogP contribution in [0.15, 0.2) is 47.6 Å². The first-order valence-electron chi connectivity index (χ1n) is 7.46. The third-order valence-corrected chi connectivity index (χ3v) is 5.15. The van der Waals surface area contributed by atoms with E-state index >= 15 is 0 Å². The van der Waals surface area contributed by atoms with Gasteiger partial charge in [0.25, 0.3) is 0 Å². The molecule has 0 saturated heterocycles. The normalized spacial score (nSPS) is 11.4.